The quantitative estimate of drug-likeness (QED) is 0.283. The van der Waals surface area contributed by atoms with Crippen molar-refractivity contribution in [2.24, 2.45) is 0 Å². The van der Waals surface area contributed by atoms with Crippen molar-refractivity contribution in [1.82, 2.24) is 0 Å². The van der Waals surface area contributed by atoms with Crippen molar-refractivity contribution in [1.29, 1.82) is 0 Å². The third-order valence-corrected chi connectivity index (χ3v) is 4.82. The van der Waals surface area contributed by atoms with Gasteiger partial charge in [0.15, 0.2) is 0 Å². The molecule has 2 nitrogen and oxygen atoms in total. The first-order valence-corrected chi connectivity index (χ1v) is 10.4. The Hall–Kier alpha value is -1.18. The van der Waals surface area contributed by atoms with Crippen LogP contribution >= 0.6 is 0 Å². The van der Waals surface area contributed by atoms with E-state index >= 15 is 0 Å². The Morgan fingerprint density at radius 2 is 1.04 bits per heavy atom. The zero-order chi connectivity index (χ0) is 17.5. The second-order valence-corrected chi connectivity index (χ2v) is 7.11. The molecule has 0 aliphatic carbocycles. The van der Waals surface area contributed by atoms with Gasteiger partial charge in [0.25, 0.3) is 0 Å². The van der Waals surface area contributed by atoms with Crippen molar-refractivity contribution in [3.8, 4) is 0 Å². The SMILES string of the molecule is CCCCCCCCN(CCCCCCCC)c1ccc(N)cc1. The van der Waals surface area contributed by atoms with E-state index in [0.29, 0.717) is 0 Å². The molecule has 24 heavy (non-hydrogen) atoms. The molecule has 0 heterocycles. The van der Waals surface area contributed by atoms with Gasteiger partial charge in [0, 0.05) is 24.5 Å². The van der Waals surface area contributed by atoms with Crippen LogP contribution in [0.2, 0.25) is 0 Å². The highest BCUT2D eigenvalue weighted by Gasteiger charge is 2.06. The lowest BCUT2D eigenvalue weighted by molar-refractivity contribution is 0.575. The Morgan fingerprint density at radius 3 is 1.50 bits per heavy atom. The summed E-state index contributed by atoms with van der Waals surface area (Å²) in [6, 6.07) is 8.43. The van der Waals surface area contributed by atoms with E-state index in [1.54, 1.807) is 0 Å². The van der Waals surface area contributed by atoms with Crippen LogP contribution in [0.5, 0.6) is 0 Å². The summed E-state index contributed by atoms with van der Waals surface area (Å²) in [7, 11) is 0. The van der Waals surface area contributed by atoms with E-state index in [-0.39, 0.29) is 0 Å². The largest absolute Gasteiger partial charge is 0.399 e. The second kappa shape index (κ2) is 14.2. The van der Waals surface area contributed by atoms with E-state index in [1.807, 2.05) is 12.1 Å². The van der Waals surface area contributed by atoms with Gasteiger partial charge in [0.2, 0.25) is 0 Å². The van der Waals surface area contributed by atoms with Gasteiger partial charge >= 0.3 is 0 Å². The van der Waals surface area contributed by atoms with Gasteiger partial charge < -0.3 is 10.6 Å². The maximum Gasteiger partial charge on any atom is 0.0367 e. The molecule has 0 saturated carbocycles. The van der Waals surface area contributed by atoms with Gasteiger partial charge in [-0.05, 0) is 37.1 Å². The van der Waals surface area contributed by atoms with Crippen LogP contribution in [0.3, 0.4) is 0 Å². The average Bonchev–Trinajstić information content (AvgIpc) is 2.60. The molecule has 0 saturated heterocycles. The zero-order valence-electron chi connectivity index (χ0n) is 16.2. The molecule has 0 aliphatic rings. The maximum absolute atomic E-state index is 5.84. The topological polar surface area (TPSA) is 29.3 Å². The number of nitrogens with two attached hydrogens (primary N) is 1. The number of nitrogens with zero attached hydrogens (tertiary/aromatic N) is 1. The van der Waals surface area contributed by atoms with Crippen LogP contribution in [-0.4, -0.2) is 13.1 Å². The smallest absolute Gasteiger partial charge is 0.0367 e. The maximum atomic E-state index is 5.84. The van der Waals surface area contributed by atoms with Gasteiger partial charge in [0.05, 0.1) is 0 Å². The number of unbranched alkanes of at least 4 members (excludes halogenated alkanes) is 10. The van der Waals surface area contributed by atoms with Crippen LogP contribution in [-0.2, 0) is 0 Å². The van der Waals surface area contributed by atoms with Crippen molar-refractivity contribution in [2.45, 2.75) is 90.9 Å². The van der Waals surface area contributed by atoms with Crippen LogP contribution in [0.15, 0.2) is 24.3 Å². The summed E-state index contributed by atoms with van der Waals surface area (Å²) >= 11 is 0. The molecule has 1 aromatic rings. The molecule has 1 rings (SSSR count). The minimum Gasteiger partial charge on any atom is -0.399 e. The Labute approximate surface area is 150 Å². The van der Waals surface area contributed by atoms with Gasteiger partial charge in [-0.25, -0.2) is 0 Å². The summed E-state index contributed by atoms with van der Waals surface area (Å²) < 4.78 is 0. The van der Waals surface area contributed by atoms with E-state index in [4.69, 9.17) is 5.73 Å². The molecule has 0 unspecified atom stereocenters. The Kier molecular flexibility index (Phi) is 12.3. The molecule has 0 bridgehead atoms. The van der Waals surface area contributed by atoms with E-state index in [1.165, 1.54) is 95.8 Å². The van der Waals surface area contributed by atoms with Gasteiger partial charge in [-0.15, -0.1) is 0 Å². The molecule has 0 atom stereocenters. The predicted octanol–water partition coefficient (Wildman–Crippen LogP) is 6.80. The molecule has 0 spiro atoms. The van der Waals surface area contributed by atoms with Gasteiger partial charge in [-0.1, -0.05) is 78.1 Å². The summed E-state index contributed by atoms with van der Waals surface area (Å²) in [6.45, 7) is 6.93. The standard InChI is InChI=1S/C22H40N2/c1-3-5-7-9-11-13-19-24(20-14-12-10-8-6-4-2)22-17-15-21(23)16-18-22/h15-18H,3-14,19-20,23H2,1-2H3. The van der Waals surface area contributed by atoms with E-state index < -0.39 is 0 Å². The minimum atomic E-state index is 0.859. The number of benzene rings is 1. The van der Waals surface area contributed by atoms with E-state index in [0.717, 1.165) is 5.69 Å². The van der Waals surface area contributed by atoms with Crippen LogP contribution in [0, 0.1) is 0 Å². The molecule has 2 heteroatoms. The fraction of sp³-hybridized carbons (Fsp3) is 0.727. The lowest BCUT2D eigenvalue weighted by Gasteiger charge is -2.25. The Morgan fingerprint density at radius 1 is 0.625 bits per heavy atom. The molecule has 0 aliphatic heterocycles. The predicted molar refractivity (Wildman–Crippen MR) is 110 cm³/mol. The average molecular weight is 333 g/mol. The molecule has 1 aromatic carbocycles. The van der Waals surface area contributed by atoms with Crippen molar-refractivity contribution < 1.29 is 0 Å². The first-order chi connectivity index (χ1) is 11.8. The van der Waals surface area contributed by atoms with Crippen molar-refractivity contribution in [2.75, 3.05) is 23.7 Å². The van der Waals surface area contributed by atoms with Gasteiger partial charge in [-0.3, -0.25) is 0 Å². The van der Waals surface area contributed by atoms with E-state index in [2.05, 4.69) is 30.9 Å². The molecular weight excluding hydrogens is 292 g/mol. The molecule has 0 aromatic heterocycles. The highest BCUT2D eigenvalue weighted by molar-refractivity contribution is 5.53. The summed E-state index contributed by atoms with van der Waals surface area (Å²) in [5.74, 6) is 0. The normalized spacial score (nSPS) is 10.9. The summed E-state index contributed by atoms with van der Waals surface area (Å²) in [5, 5.41) is 0. The first kappa shape index (κ1) is 20.9. The molecule has 0 amide bonds. The molecular formula is C22H40N2. The lowest BCUT2D eigenvalue weighted by Crippen LogP contribution is -2.25. The van der Waals surface area contributed by atoms with Gasteiger partial charge in [0.1, 0.15) is 0 Å². The van der Waals surface area contributed by atoms with Crippen molar-refractivity contribution in [3.63, 3.8) is 0 Å². The fourth-order valence-electron chi connectivity index (χ4n) is 3.22. The first-order valence-electron chi connectivity index (χ1n) is 10.4. The Bertz CT molecular complexity index is 369. The molecule has 2 N–H and O–H groups in total. The number of rotatable bonds is 15. The monoisotopic (exact) mass is 332 g/mol. The molecule has 0 radical (unpaired) electrons. The minimum absolute atomic E-state index is 0.859. The highest BCUT2D eigenvalue weighted by atomic mass is 15.1. The second-order valence-electron chi connectivity index (χ2n) is 7.11. The molecule has 0 fully saturated rings. The number of nitrogen functional groups attached to an aromatic ring is 1. The summed E-state index contributed by atoms with van der Waals surface area (Å²) in [5.41, 5.74) is 8.04. The zero-order valence-corrected chi connectivity index (χ0v) is 16.2. The molecule has 138 valence electrons. The summed E-state index contributed by atoms with van der Waals surface area (Å²) in [6.07, 6.45) is 16.4. The third kappa shape index (κ3) is 9.85. The van der Waals surface area contributed by atoms with Crippen molar-refractivity contribution in [3.05, 3.63) is 24.3 Å². The summed E-state index contributed by atoms with van der Waals surface area (Å²) in [4.78, 5) is 2.57. The number of anilines is 2. The highest BCUT2D eigenvalue weighted by Crippen LogP contribution is 2.19. The fourth-order valence-corrected chi connectivity index (χ4v) is 3.22. The van der Waals surface area contributed by atoms with Crippen molar-refractivity contribution >= 4 is 11.4 Å². The van der Waals surface area contributed by atoms with E-state index in [9.17, 15) is 0 Å². The van der Waals surface area contributed by atoms with Crippen LogP contribution < -0.4 is 10.6 Å². The van der Waals surface area contributed by atoms with Crippen LogP contribution in [0.25, 0.3) is 0 Å². The van der Waals surface area contributed by atoms with Gasteiger partial charge in [-0.2, -0.15) is 0 Å². The third-order valence-electron chi connectivity index (χ3n) is 4.82. The van der Waals surface area contributed by atoms with Crippen LogP contribution in [0.4, 0.5) is 11.4 Å². The number of hydrogen-bond donors (Lipinski definition) is 1. The Balaban J connectivity index is 2.34. The van der Waals surface area contributed by atoms with Crippen LogP contribution in [0.1, 0.15) is 90.9 Å². The lowest BCUT2D eigenvalue weighted by atomic mass is 10.1. The number of hydrogen-bond acceptors (Lipinski definition) is 2.